The summed E-state index contributed by atoms with van der Waals surface area (Å²) in [5.41, 5.74) is 6.16. The molecule has 0 atom stereocenters. The normalized spacial score (nSPS) is 8.56. The van der Waals surface area contributed by atoms with Gasteiger partial charge < -0.3 is 5.73 Å². The predicted molar refractivity (Wildman–Crippen MR) is 43.3 cm³/mol. The highest BCUT2D eigenvalue weighted by atomic mass is 35.5. The Labute approximate surface area is 68.5 Å². The zero-order chi connectivity index (χ0) is 5.98. The number of thiazole rings is 1. The summed E-state index contributed by atoms with van der Waals surface area (Å²) in [6, 6.07) is 0. The standard InChI is InChI=1S/C4H5ClN2S.ClH/c5-1-3-2-8-4(6)7-3;/h2H,1H2,(H2,6,7);1H. The fourth-order valence-electron chi connectivity index (χ4n) is 0.384. The van der Waals surface area contributed by atoms with Gasteiger partial charge in [0.25, 0.3) is 0 Å². The molecule has 0 saturated heterocycles. The van der Waals surface area contributed by atoms with E-state index in [0.717, 1.165) is 5.69 Å². The highest BCUT2D eigenvalue weighted by molar-refractivity contribution is 7.13. The van der Waals surface area contributed by atoms with Crippen LogP contribution < -0.4 is 5.73 Å². The fourth-order valence-corrected chi connectivity index (χ4v) is 1.18. The third kappa shape index (κ3) is 2.39. The summed E-state index contributed by atoms with van der Waals surface area (Å²) in [5.74, 6) is 0.452. The summed E-state index contributed by atoms with van der Waals surface area (Å²) in [6.45, 7) is 0. The van der Waals surface area contributed by atoms with E-state index >= 15 is 0 Å². The first-order valence-corrected chi connectivity index (χ1v) is 3.50. The molecule has 0 aliphatic rings. The van der Waals surface area contributed by atoms with E-state index in [-0.39, 0.29) is 12.4 Å². The van der Waals surface area contributed by atoms with E-state index in [4.69, 9.17) is 17.3 Å². The zero-order valence-corrected chi connectivity index (χ0v) is 6.89. The molecular formula is C4H6Cl2N2S. The molecule has 0 aliphatic carbocycles. The quantitative estimate of drug-likeness (QED) is 0.678. The second-order valence-electron chi connectivity index (χ2n) is 1.31. The average Bonchev–Trinajstić information content (AvgIpc) is 2.14. The minimum atomic E-state index is 0. The number of hydrogen-bond acceptors (Lipinski definition) is 3. The number of anilines is 1. The Morgan fingerprint density at radius 2 is 2.44 bits per heavy atom. The predicted octanol–water partition coefficient (Wildman–Crippen LogP) is 1.89. The molecule has 1 aromatic heterocycles. The number of hydrogen-bond donors (Lipinski definition) is 1. The summed E-state index contributed by atoms with van der Waals surface area (Å²) in [4.78, 5) is 3.89. The Bertz CT molecular complexity index is 177. The number of nitrogens with zero attached hydrogens (tertiary/aromatic N) is 1. The van der Waals surface area contributed by atoms with Crippen molar-refractivity contribution >= 4 is 40.5 Å². The van der Waals surface area contributed by atoms with Gasteiger partial charge in [-0.25, -0.2) is 4.98 Å². The number of rotatable bonds is 1. The van der Waals surface area contributed by atoms with Gasteiger partial charge in [-0.2, -0.15) is 0 Å². The van der Waals surface area contributed by atoms with Gasteiger partial charge in [-0.3, -0.25) is 0 Å². The molecule has 9 heavy (non-hydrogen) atoms. The first kappa shape index (κ1) is 9.01. The first-order valence-electron chi connectivity index (χ1n) is 2.09. The summed E-state index contributed by atoms with van der Waals surface area (Å²) < 4.78 is 0. The van der Waals surface area contributed by atoms with Gasteiger partial charge in [0.05, 0.1) is 11.6 Å². The van der Waals surface area contributed by atoms with Gasteiger partial charge in [0, 0.05) is 5.38 Å². The lowest BCUT2D eigenvalue weighted by molar-refractivity contribution is 1.23. The van der Waals surface area contributed by atoms with E-state index in [0.29, 0.717) is 11.0 Å². The number of halogens is 2. The Balaban J connectivity index is 0.000000640. The minimum absolute atomic E-state index is 0. The molecule has 1 heterocycles. The van der Waals surface area contributed by atoms with E-state index in [9.17, 15) is 0 Å². The molecule has 0 spiro atoms. The summed E-state index contributed by atoms with van der Waals surface area (Å²) in [6.07, 6.45) is 0. The second kappa shape index (κ2) is 3.93. The van der Waals surface area contributed by atoms with Crippen molar-refractivity contribution in [2.75, 3.05) is 5.73 Å². The third-order valence-corrected chi connectivity index (χ3v) is 1.70. The largest absolute Gasteiger partial charge is 0.375 e. The summed E-state index contributed by atoms with van der Waals surface area (Å²) >= 11 is 6.84. The molecule has 52 valence electrons. The van der Waals surface area contributed by atoms with E-state index < -0.39 is 0 Å². The molecule has 0 aliphatic heterocycles. The van der Waals surface area contributed by atoms with Crippen LogP contribution in [0.3, 0.4) is 0 Å². The molecular weight excluding hydrogens is 179 g/mol. The summed E-state index contributed by atoms with van der Waals surface area (Å²) in [5, 5.41) is 2.43. The smallest absolute Gasteiger partial charge is 0.180 e. The Kier molecular flexibility index (Phi) is 3.93. The molecule has 2 N–H and O–H groups in total. The SMILES string of the molecule is Cl.Nc1nc(CCl)cs1. The van der Waals surface area contributed by atoms with Crippen LogP contribution in [0.5, 0.6) is 0 Å². The van der Waals surface area contributed by atoms with Crippen LogP contribution in [-0.4, -0.2) is 4.98 Å². The number of aromatic nitrogens is 1. The first-order chi connectivity index (χ1) is 3.83. The van der Waals surface area contributed by atoms with Crippen LogP contribution in [0, 0.1) is 0 Å². The van der Waals surface area contributed by atoms with Gasteiger partial charge in [-0.05, 0) is 0 Å². The van der Waals surface area contributed by atoms with Crippen LogP contribution in [-0.2, 0) is 5.88 Å². The maximum atomic E-state index is 5.43. The van der Waals surface area contributed by atoms with Crippen molar-refractivity contribution in [3.05, 3.63) is 11.1 Å². The van der Waals surface area contributed by atoms with Crippen molar-refractivity contribution in [2.45, 2.75) is 5.88 Å². The molecule has 1 aromatic rings. The average molecular weight is 185 g/mol. The highest BCUT2D eigenvalue weighted by Gasteiger charge is 1.93. The lowest BCUT2D eigenvalue weighted by Gasteiger charge is -1.77. The molecule has 5 heteroatoms. The van der Waals surface area contributed by atoms with Gasteiger partial charge in [0.1, 0.15) is 0 Å². The maximum absolute atomic E-state index is 5.43. The molecule has 0 saturated carbocycles. The third-order valence-electron chi connectivity index (χ3n) is 0.706. The van der Waals surface area contributed by atoms with Gasteiger partial charge in [-0.1, -0.05) is 0 Å². The van der Waals surface area contributed by atoms with Crippen LogP contribution in [0.4, 0.5) is 5.13 Å². The topological polar surface area (TPSA) is 38.9 Å². The molecule has 0 radical (unpaired) electrons. The van der Waals surface area contributed by atoms with Crippen molar-refractivity contribution in [3.8, 4) is 0 Å². The van der Waals surface area contributed by atoms with Crippen molar-refractivity contribution in [2.24, 2.45) is 0 Å². The van der Waals surface area contributed by atoms with Crippen molar-refractivity contribution in [1.82, 2.24) is 4.98 Å². The molecule has 2 nitrogen and oxygen atoms in total. The van der Waals surface area contributed by atoms with Crippen molar-refractivity contribution in [1.29, 1.82) is 0 Å². The van der Waals surface area contributed by atoms with Gasteiger partial charge >= 0.3 is 0 Å². The molecule has 1 rings (SSSR count). The minimum Gasteiger partial charge on any atom is -0.375 e. The molecule has 0 bridgehead atoms. The number of alkyl halides is 1. The van der Waals surface area contributed by atoms with E-state index in [1.807, 2.05) is 5.38 Å². The molecule has 0 amide bonds. The van der Waals surface area contributed by atoms with Gasteiger partial charge in [0.15, 0.2) is 5.13 Å². The van der Waals surface area contributed by atoms with E-state index in [1.54, 1.807) is 0 Å². The Morgan fingerprint density at radius 1 is 1.78 bits per heavy atom. The van der Waals surface area contributed by atoms with Crippen molar-refractivity contribution < 1.29 is 0 Å². The van der Waals surface area contributed by atoms with Crippen LogP contribution >= 0.6 is 35.3 Å². The van der Waals surface area contributed by atoms with Gasteiger partial charge in [0.2, 0.25) is 0 Å². The lowest BCUT2D eigenvalue weighted by atomic mass is 10.6. The van der Waals surface area contributed by atoms with Crippen LogP contribution in [0.2, 0.25) is 0 Å². The number of nitrogen functional groups attached to an aromatic ring is 1. The zero-order valence-electron chi connectivity index (χ0n) is 4.50. The van der Waals surface area contributed by atoms with Gasteiger partial charge in [-0.15, -0.1) is 35.3 Å². The molecule has 0 fully saturated rings. The van der Waals surface area contributed by atoms with Crippen LogP contribution in [0.1, 0.15) is 5.69 Å². The number of nitrogens with two attached hydrogens (primary N) is 1. The second-order valence-corrected chi connectivity index (χ2v) is 2.47. The van der Waals surface area contributed by atoms with E-state index in [1.165, 1.54) is 11.3 Å². The summed E-state index contributed by atoms with van der Waals surface area (Å²) in [7, 11) is 0. The lowest BCUT2D eigenvalue weighted by Crippen LogP contribution is -1.82. The highest BCUT2D eigenvalue weighted by Crippen LogP contribution is 2.11. The monoisotopic (exact) mass is 184 g/mol. The Morgan fingerprint density at radius 3 is 2.67 bits per heavy atom. The van der Waals surface area contributed by atoms with Crippen LogP contribution in [0.15, 0.2) is 5.38 Å². The molecule has 0 unspecified atom stereocenters. The fraction of sp³-hybridized carbons (Fsp3) is 0.250. The maximum Gasteiger partial charge on any atom is 0.180 e. The van der Waals surface area contributed by atoms with E-state index in [2.05, 4.69) is 4.98 Å². The molecule has 0 aromatic carbocycles. The van der Waals surface area contributed by atoms with Crippen LogP contribution in [0.25, 0.3) is 0 Å². The Hall–Kier alpha value is 0.01000. The van der Waals surface area contributed by atoms with Crippen molar-refractivity contribution in [3.63, 3.8) is 0 Å².